The van der Waals surface area contributed by atoms with Crippen LogP contribution in [0.3, 0.4) is 0 Å². The number of ether oxygens (including phenoxy) is 3. The summed E-state index contributed by atoms with van der Waals surface area (Å²) >= 11 is 0. The molecule has 2 aliphatic heterocycles. The number of fused-ring (bicyclic) bond motifs is 2. The van der Waals surface area contributed by atoms with Crippen LogP contribution in [-0.4, -0.2) is 42.8 Å². The van der Waals surface area contributed by atoms with Crippen LogP contribution >= 0.6 is 0 Å². The van der Waals surface area contributed by atoms with Gasteiger partial charge in [-0.1, -0.05) is 6.07 Å². The molecule has 0 aromatic heterocycles. The van der Waals surface area contributed by atoms with Gasteiger partial charge in [0.05, 0.1) is 19.3 Å². The van der Waals surface area contributed by atoms with Crippen molar-refractivity contribution in [2.75, 3.05) is 25.2 Å². The van der Waals surface area contributed by atoms with Crippen molar-refractivity contribution < 1.29 is 33.3 Å². The molecule has 3 aromatic carbocycles. The van der Waals surface area contributed by atoms with Crippen molar-refractivity contribution in [3.8, 4) is 22.6 Å². The van der Waals surface area contributed by atoms with Gasteiger partial charge in [-0.05, 0) is 118 Å². The quantitative estimate of drug-likeness (QED) is 0.366. The Labute approximate surface area is 239 Å². The highest BCUT2D eigenvalue weighted by atomic mass is 19.1. The van der Waals surface area contributed by atoms with E-state index in [-0.39, 0.29) is 17.2 Å². The molecule has 0 radical (unpaired) electrons. The lowest BCUT2D eigenvalue weighted by Gasteiger charge is -2.30. The van der Waals surface area contributed by atoms with Crippen LogP contribution in [-0.2, 0) is 22.4 Å². The zero-order chi connectivity index (χ0) is 29.6. The van der Waals surface area contributed by atoms with E-state index in [4.69, 9.17) is 14.2 Å². The van der Waals surface area contributed by atoms with Crippen LogP contribution in [0, 0.1) is 19.7 Å². The molecule has 0 aliphatic carbocycles. The van der Waals surface area contributed by atoms with Crippen molar-refractivity contribution >= 4 is 17.6 Å². The molecule has 0 fully saturated rings. The molecule has 8 heteroatoms. The fourth-order valence-corrected chi connectivity index (χ4v) is 5.97. The molecule has 41 heavy (non-hydrogen) atoms. The van der Waals surface area contributed by atoms with E-state index in [1.165, 1.54) is 19.2 Å². The molecular formula is C33H36FNO6. The molecule has 0 unspecified atom stereocenters. The van der Waals surface area contributed by atoms with Crippen LogP contribution in [0.5, 0.6) is 11.5 Å². The Morgan fingerprint density at radius 3 is 2.49 bits per heavy atom. The average Bonchev–Trinajstić information content (AvgIpc) is 3.34. The lowest BCUT2D eigenvalue weighted by Crippen LogP contribution is -2.30. The molecule has 0 bridgehead atoms. The third-order valence-corrected chi connectivity index (χ3v) is 7.79. The number of nitrogens with zero attached hydrogens (tertiary/aromatic N) is 1. The van der Waals surface area contributed by atoms with Crippen molar-refractivity contribution in [3.05, 3.63) is 75.6 Å². The highest BCUT2D eigenvalue weighted by molar-refractivity contribution is 6.08. The van der Waals surface area contributed by atoms with E-state index in [1.807, 2.05) is 52.8 Å². The number of methoxy groups -OCH3 is 1. The summed E-state index contributed by atoms with van der Waals surface area (Å²) in [6, 6.07) is 9.98. The van der Waals surface area contributed by atoms with E-state index in [9.17, 15) is 19.1 Å². The highest BCUT2D eigenvalue weighted by Gasteiger charge is 2.37. The maximum atomic E-state index is 14.5. The monoisotopic (exact) mass is 561 g/mol. The number of hydrogen-bond acceptors (Lipinski definition) is 5. The van der Waals surface area contributed by atoms with Crippen molar-refractivity contribution in [3.63, 3.8) is 0 Å². The topological polar surface area (TPSA) is 85.3 Å². The smallest absolute Gasteiger partial charge is 0.337 e. The first-order chi connectivity index (χ1) is 19.4. The summed E-state index contributed by atoms with van der Waals surface area (Å²) in [6.07, 6.45) is 1.06. The van der Waals surface area contributed by atoms with Gasteiger partial charge in [0.2, 0.25) is 0 Å². The van der Waals surface area contributed by atoms with Gasteiger partial charge in [-0.3, -0.25) is 4.79 Å². The molecule has 2 heterocycles. The number of carbonyl (C=O) groups excluding carboxylic acids is 1. The van der Waals surface area contributed by atoms with E-state index in [0.717, 1.165) is 46.4 Å². The summed E-state index contributed by atoms with van der Waals surface area (Å²) in [6.45, 7) is 10.4. The van der Waals surface area contributed by atoms with Crippen LogP contribution < -0.4 is 14.4 Å². The first-order valence-electron chi connectivity index (χ1n) is 13.9. The summed E-state index contributed by atoms with van der Waals surface area (Å²) in [5.41, 5.74) is 6.14. The van der Waals surface area contributed by atoms with E-state index in [1.54, 1.807) is 11.0 Å². The number of benzene rings is 3. The standard InChI is InChI=1S/C33H36FNO6/c1-18-16-25-23(13-14-35(25)31(36)20-9-11-27(39-6)24(34)17-20)29(28(18)30(32(37)38)41-33(3,4)5)22-10-12-26-21(19(22)2)8-7-15-40-26/h9-12,16-17,30H,7-8,13-15H2,1-6H3,(H,37,38)/t30-/m0/s1. The van der Waals surface area contributed by atoms with Crippen LogP contribution in [0.25, 0.3) is 11.1 Å². The number of carbonyl (C=O) groups is 2. The van der Waals surface area contributed by atoms with Gasteiger partial charge in [-0.2, -0.15) is 0 Å². The number of carboxylic acids is 1. The molecule has 0 saturated heterocycles. The number of carboxylic acid groups (broad SMARTS) is 1. The molecule has 1 amide bonds. The second kappa shape index (κ2) is 10.8. The lowest BCUT2D eigenvalue weighted by molar-refractivity contribution is -0.160. The Hall–Kier alpha value is -3.91. The number of halogens is 1. The maximum Gasteiger partial charge on any atom is 0.337 e. The SMILES string of the molecule is COc1ccc(C(=O)N2CCc3c2cc(C)c([C@H](OC(C)(C)C)C(=O)O)c3-c2ccc3c(c2C)CCCO3)cc1F. The van der Waals surface area contributed by atoms with Gasteiger partial charge in [-0.15, -0.1) is 0 Å². The molecule has 7 nitrogen and oxygen atoms in total. The number of amides is 1. The highest BCUT2D eigenvalue weighted by Crippen LogP contribution is 2.47. The number of rotatable bonds is 6. The minimum atomic E-state index is -1.22. The molecule has 0 spiro atoms. The van der Waals surface area contributed by atoms with Crippen LogP contribution in [0.15, 0.2) is 36.4 Å². The Kier molecular flexibility index (Phi) is 7.55. The molecule has 0 saturated carbocycles. The maximum absolute atomic E-state index is 14.5. The Balaban J connectivity index is 1.72. The Morgan fingerprint density at radius 2 is 1.83 bits per heavy atom. The minimum Gasteiger partial charge on any atom is -0.494 e. The summed E-state index contributed by atoms with van der Waals surface area (Å²) in [5, 5.41) is 10.4. The predicted octanol–water partition coefficient (Wildman–Crippen LogP) is 6.59. The fourth-order valence-electron chi connectivity index (χ4n) is 5.97. The van der Waals surface area contributed by atoms with Gasteiger partial charge in [0.1, 0.15) is 5.75 Å². The van der Waals surface area contributed by atoms with Gasteiger partial charge in [0.25, 0.3) is 5.91 Å². The van der Waals surface area contributed by atoms with Gasteiger partial charge in [0, 0.05) is 23.4 Å². The third kappa shape index (κ3) is 5.28. The predicted molar refractivity (Wildman–Crippen MR) is 155 cm³/mol. The zero-order valence-corrected chi connectivity index (χ0v) is 24.4. The fraction of sp³-hybridized carbons (Fsp3) is 0.394. The first kappa shape index (κ1) is 28.6. The summed E-state index contributed by atoms with van der Waals surface area (Å²) in [4.78, 5) is 28.0. The van der Waals surface area contributed by atoms with E-state index in [0.29, 0.717) is 36.4 Å². The van der Waals surface area contributed by atoms with Crippen LogP contribution in [0.2, 0.25) is 0 Å². The Bertz CT molecular complexity index is 1540. The van der Waals surface area contributed by atoms with Crippen molar-refractivity contribution in [2.24, 2.45) is 0 Å². The second-order valence-corrected chi connectivity index (χ2v) is 11.7. The summed E-state index contributed by atoms with van der Waals surface area (Å²) < 4.78 is 31.6. The molecule has 1 N–H and O–H groups in total. The molecule has 216 valence electrons. The molecule has 2 aliphatic rings. The van der Waals surface area contributed by atoms with Crippen LogP contribution in [0.1, 0.15) is 71.5 Å². The zero-order valence-electron chi connectivity index (χ0n) is 24.4. The van der Waals surface area contributed by atoms with E-state index in [2.05, 4.69) is 0 Å². The van der Waals surface area contributed by atoms with E-state index >= 15 is 0 Å². The largest absolute Gasteiger partial charge is 0.494 e. The van der Waals surface area contributed by atoms with Gasteiger partial charge >= 0.3 is 5.97 Å². The van der Waals surface area contributed by atoms with Gasteiger partial charge < -0.3 is 24.2 Å². The van der Waals surface area contributed by atoms with Crippen molar-refractivity contribution in [1.29, 1.82) is 0 Å². The number of anilines is 1. The normalized spacial score (nSPS) is 15.1. The first-order valence-corrected chi connectivity index (χ1v) is 13.9. The summed E-state index contributed by atoms with van der Waals surface area (Å²) in [7, 11) is 1.38. The number of aliphatic carboxylic acids is 1. The van der Waals surface area contributed by atoms with Gasteiger partial charge in [-0.25, -0.2) is 9.18 Å². The number of hydrogen-bond donors (Lipinski definition) is 1. The molecule has 1 atom stereocenters. The van der Waals surface area contributed by atoms with Gasteiger partial charge in [0.15, 0.2) is 17.7 Å². The van der Waals surface area contributed by atoms with Crippen LogP contribution in [0.4, 0.5) is 10.1 Å². The van der Waals surface area contributed by atoms with E-state index < -0.39 is 23.5 Å². The molecule has 5 rings (SSSR count). The minimum absolute atomic E-state index is 0.0663. The second-order valence-electron chi connectivity index (χ2n) is 11.7. The third-order valence-electron chi connectivity index (χ3n) is 7.79. The van der Waals surface area contributed by atoms with Crippen molar-refractivity contribution in [2.45, 2.75) is 65.6 Å². The number of aryl methyl sites for hydroxylation is 1. The Morgan fingerprint density at radius 1 is 1.07 bits per heavy atom. The lowest BCUT2D eigenvalue weighted by atomic mass is 9.83. The van der Waals surface area contributed by atoms with Crippen molar-refractivity contribution in [1.82, 2.24) is 0 Å². The average molecular weight is 562 g/mol. The molecular weight excluding hydrogens is 525 g/mol. The summed E-state index contributed by atoms with van der Waals surface area (Å²) in [5.74, 6) is -1.11. The molecule has 3 aromatic rings.